The third kappa shape index (κ3) is 2.79. The fraction of sp³-hybridized carbons (Fsp3) is 0.562. The minimum absolute atomic E-state index is 0.0472. The number of likely N-dealkylation sites (tertiary alicyclic amines) is 1. The molecule has 3 atom stereocenters. The van der Waals surface area contributed by atoms with Gasteiger partial charge in [-0.3, -0.25) is 9.89 Å². The second kappa shape index (κ2) is 5.72. The van der Waals surface area contributed by atoms with Gasteiger partial charge in [0, 0.05) is 18.0 Å². The van der Waals surface area contributed by atoms with E-state index < -0.39 is 0 Å². The van der Waals surface area contributed by atoms with E-state index in [0.717, 1.165) is 35.9 Å². The van der Waals surface area contributed by atoms with Crippen molar-refractivity contribution in [3.05, 3.63) is 33.5 Å². The lowest BCUT2D eigenvalue weighted by Gasteiger charge is -2.33. The Morgan fingerprint density at radius 2 is 2.30 bits per heavy atom. The van der Waals surface area contributed by atoms with E-state index in [4.69, 9.17) is 4.74 Å². The number of aromatic amines is 1. The summed E-state index contributed by atoms with van der Waals surface area (Å²) < 4.78 is 6.15. The maximum absolute atomic E-state index is 12.6. The van der Waals surface area contributed by atoms with Crippen LogP contribution in [-0.4, -0.2) is 45.2 Å². The zero-order chi connectivity index (χ0) is 16.0. The van der Waals surface area contributed by atoms with Crippen LogP contribution in [0, 0.1) is 19.8 Å². The van der Waals surface area contributed by atoms with Gasteiger partial charge in [-0.15, -0.1) is 11.3 Å². The molecule has 23 heavy (non-hydrogen) atoms. The quantitative estimate of drug-likeness (QED) is 0.917. The molecule has 0 aliphatic carbocycles. The molecule has 2 fully saturated rings. The number of rotatable bonds is 2. The van der Waals surface area contributed by atoms with Gasteiger partial charge in [-0.1, -0.05) is 0 Å². The highest BCUT2D eigenvalue weighted by molar-refractivity contribution is 7.13. The van der Waals surface area contributed by atoms with Gasteiger partial charge < -0.3 is 9.64 Å². The van der Waals surface area contributed by atoms with Crippen LogP contribution in [0.1, 0.15) is 45.1 Å². The minimum Gasteiger partial charge on any atom is -0.365 e. The summed E-state index contributed by atoms with van der Waals surface area (Å²) in [6.07, 6.45) is 1.98. The molecule has 2 aliphatic rings. The van der Waals surface area contributed by atoms with E-state index in [1.807, 2.05) is 30.9 Å². The molecule has 0 aromatic carbocycles. The zero-order valence-electron chi connectivity index (χ0n) is 13.3. The summed E-state index contributed by atoms with van der Waals surface area (Å²) in [6.45, 7) is 5.39. The first-order valence-corrected chi connectivity index (χ1v) is 8.82. The van der Waals surface area contributed by atoms with Crippen molar-refractivity contribution in [3.8, 4) is 0 Å². The lowest BCUT2D eigenvalue weighted by atomic mass is 9.91. The molecule has 0 spiro atoms. The van der Waals surface area contributed by atoms with Crippen LogP contribution in [0.3, 0.4) is 0 Å². The van der Waals surface area contributed by atoms with E-state index >= 15 is 0 Å². The van der Waals surface area contributed by atoms with Gasteiger partial charge in [-0.05, 0) is 44.7 Å². The average Bonchev–Trinajstić information content (AvgIpc) is 3.24. The second-order valence-electron chi connectivity index (χ2n) is 6.39. The van der Waals surface area contributed by atoms with E-state index in [0.29, 0.717) is 12.5 Å². The van der Waals surface area contributed by atoms with Gasteiger partial charge in [0.1, 0.15) is 11.9 Å². The molecule has 2 aliphatic heterocycles. The van der Waals surface area contributed by atoms with Gasteiger partial charge in [0.2, 0.25) is 0 Å². The Morgan fingerprint density at radius 3 is 3.00 bits per heavy atom. The number of aromatic nitrogens is 3. The molecule has 2 aromatic heterocycles. The van der Waals surface area contributed by atoms with E-state index in [-0.39, 0.29) is 18.1 Å². The van der Waals surface area contributed by atoms with Crippen molar-refractivity contribution in [2.75, 3.05) is 13.1 Å². The first kappa shape index (κ1) is 14.8. The molecule has 0 bridgehead atoms. The van der Waals surface area contributed by atoms with Crippen molar-refractivity contribution in [2.24, 2.45) is 5.92 Å². The summed E-state index contributed by atoms with van der Waals surface area (Å²) >= 11 is 1.56. The number of hydrogen-bond acceptors (Lipinski definition) is 5. The van der Waals surface area contributed by atoms with Gasteiger partial charge in [-0.25, -0.2) is 4.98 Å². The Balaban J connectivity index is 1.44. The van der Waals surface area contributed by atoms with Crippen LogP contribution < -0.4 is 0 Å². The molecule has 6 nitrogen and oxygen atoms in total. The third-order valence-electron chi connectivity index (χ3n) is 4.69. The number of piperidine rings is 1. The first-order chi connectivity index (χ1) is 11.1. The first-order valence-electron chi connectivity index (χ1n) is 8.00. The highest BCUT2D eigenvalue weighted by Crippen LogP contribution is 2.40. The largest absolute Gasteiger partial charge is 0.365 e. The Morgan fingerprint density at radius 1 is 1.43 bits per heavy atom. The number of hydrogen-bond donors (Lipinski definition) is 1. The van der Waals surface area contributed by atoms with Crippen molar-refractivity contribution >= 4 is 17.2 Å². The SMILES string of the molecule is Cc1nc([C@@H]2C[C@H]3CCN(C(=O)c4ccc(C)s4)C[C@@H]3O2)n[nH]1. The molecule has 4 rings (SSSR count). The smallest absolute Gasteiger partial charge is 0.264 e. The fourth-order valence-electron chi connectivity index (χ4n) is 3.49. The highest BCUT2D eigenvalue weighted by atomic mass is 32.1. The summed E-state index contributed by atoms with van der Waals surface area (Å²) in [5.74, 6) is 2.17. The standard InChI is InChI=1S/C16H20N4O2S/c1-9-3-4-14(23-9)16(21)20-6-5-11-7-12(22-13(11)8-20)15-17-10(2)18-19-15/h3-4,11-13H,5-8H2,1-2H3,(H,17,18,19)/t11-,12+,13+/m1/s1. The fourth-order valence-corrected chi connectivity index (χ4v) is 4.33. The molecular weight excluding hydrogens is 312 g/mol. The van der Waals surface area contributed by atoms with Crippen LogP contribution in [0.2, 0.25) is 0 Å². The highest BCUT2D eigenvalue weighted by Gasteiger charge is 2.42. The Hall–Kier alpha value is -1.73. The van der Waals surface area contributed by atoms with E-state index in [1.54, 1.807) is 11.3 Å². The third-order valence-corrected chi connectivity index (χ3v) is 5.68. The van der Waals surface area contributed by atoms with Gasteiger partial charge in [0.15, 0.2) is 5.82 Å². The number of carbonyl (C=O) groups excluding carboxylic acids is 1. The number of H-pyrrole nitrogens is 1. The molecule has 0 radical (unpaired) electrons. The van der Waals surface area contributed by atoms with Crippen LogP contribution in [0.25, 0.3) is 0 Å². The van der Waals surface area contributed by atoms with Crippen LogP contribution in [0.4, 0.5) is 0 Å². The van der Waals surface area contributed by atoms with Crippen molar-refractivity contribution < 1.29 is 9.53 Å². The maximum Gasteiger partial charge on any atom is 0.264 e. The van der Waals surface area contributed by atoms with Crippen molar-refractivity contribution in [2.45, 2.75) is 38.9 Å². The molecule has 2 saturated heterocycles. The zero-order valence-corrected chi connectivity index (χ0v) is 14.1. The Kier molecular flexibility index (Phi) is 3.69. The van der Waals surface area contributed by atoms with Crippen LogP contribution in [0.5, 0.6) is 0 Å². The lowest BCUT2D eigenvalue weighted by Crippen LogP contribution is -2.45. The molecule has 2 aromatic rings. The van der Waals surface area contributed by atoms with E-state index in [2.05, 4.69) is 15.2 Å². The number of fused-ring (bicyclic) bond motifs is 1. The molecular formula is C16H20N4O2S. The Bertz CT molecular complexity index is 725. The van der Waals surface area contributed by atoms with Crippen LogP contribution in [-0.2, 0) is 4.74 Å². The molecule has 7 heteroatoms. The number of nitrogens with zero attached hydrogens (tertiary/aromatic N) is 3. The second-order valence-corrected chi connectivity index (χ2v) is 7.68. The number of thiophene rings is 1. The predicted molar refractivity (Wildman–Crippen MR) is 86.4 cm³/mol. The maximum atomic E-state index is 12.6. The van der Waals surface area contributed by atoms with Gasteiger partial charge in [0.25, 0.3) is 5.91 Å². The normalized spacial score (nSPS) is 27.2. The molecule has 0 saturated carbocycles. The number of aryl methyl sites for hydroxylation is 2. The molecule has 1 N–H and O–H groups in total. The molecule has 1 amide bonds. The topological polar surface area (TPSA) is 71.1 Å². The number of carbonyl (C=O) groups is 1. The summed E-state index contributed by atoms with van der Waals surface area (Å²) in [5.41, 5.74) is 0. The van der Waals surface area contributed by atoms with Crippen molar-refractivity contribution in [3.63, 3.8) is 0 Å². The van der Waals surface area contributed by atoms with Gasteiger partial charge >= 0.3 is 0 Å². The van der Waals surface area contributed by atoms with Crippen molar-refractivity contribution in [1.29, 1.82) is 0 Å². The number of nitrogens with one attached hydrogen (secondary N) is 1. The monoisotopic (exact) mass is 332 g/mol. The summed E-state index contributed by atoms with van der Waals surface area (Å²) in [5, 5.41) is 7.09. The predicted octanol–water partition coefficient (Wildman–Crippen LogP) is 2.48. The van der Waals surface area contributed by atoms with Crippen LogP contribution in [0.15, 0.2) is 12.1 Å². The lowest BCUT2D eigenvalue weighted by molar-refractivity contribution is -0.00670. The summed E-state index contributed by atoms with van der Waals surface area (Å²) in [6, 6.07) is 3.92. The van der Waals surface area contributed by atoms with Gasteiger partial charge in [-0.2, -0.15) is 5.10 Å². The van der Waals surface area contributed by atoms with Crippen LogP contribution >= 0.6 is 11.3 Å². The minimum atomic E-state index is -0.0472. The summed E-state index contributed by atoms with van der Waals surface area (Å²) in [7, 11) is 0. The number of amides is 1. The molecule has 0 unspecified atom stereocenters. The summed E-state index contributed by atoms with van der Waals surface area (Å²) in [4.78, 5) is 20.9. The average molecular weight is 332 g/mol. The van der Waals surface area contributed by atoms with Gasteiger partial charge in [0.05, 0.1) is 11.0 Å². The van der Waals surface area contributed by atoms with Crippen molar-refractivity contribution in [1.82, 2.24) is 20.1 Å². The Labute approximate surface area is 138 Å². The van der Waals surface area contributed by atoms with E-state index in [1.165, 1.54) is 4.88 Å². The van der Waals surface area contributed by atoms with E-state index in [9.17, 15) is 4.79 Å². The molecule has 122 valence electrons. The molecule has 4 heterocycles. The number of ether oxygens (including phenoxy) is 1.